The van der Waals surface area contributed by atoms with E-state index in [9.17, 15) is 4.39 Å². The maximum absolute atomic E-state index is 14.2. The molecule has 6 heteroatoms. The third-order valence-electron chi connectivity index (χ3n) is 4.39. The van der Waals surface area contributed by atoms with Crippen molar-refractivity contribution >= 4 is 22.6 Å². The Kier molecular flexibility index (Phi) is 4.07. The van der Waals surface area contributed by atoms with E-state index in [0.717, 1.165) is 0 Å². The second-order valence-corrected chi connectivity index (χ2v) is 8.00. The van der Waals surface area contributed by atoms with Gasteiger partial charge in [-0.1, -0.05) is 50.6 Å². The van der Waals surface area contributed by atoms with E-state index in [1.807, 2.05) is 33.8 Å². The van der Waals surface area contributed by atoms with Gasteiger partial charge in [0.25, 0.3) is 0 Å². The lowest BCUT2D eigenvalue weighted by Crippen LogP contribution is -2.11. The minimum Gasteiger partial charge on any atom is -0.445 e. The fraction of sp³-hybridized carbons (Fsp3) is 0.238. The molecule has 2 aromatic carbocycles. The Balaban J connectivity index is 1.85. The summed E-state index contributed by atoms with van der Waals surface area (Å²) in [6.45, 7) is 7.98. The number of benzene rings is 2. The van der Waals surface area contributed by atoms with Gasteiger partial charge in [0.05, 0.1) is 16.1 Å². The topological polar surface area (TPSA) is 54.7 Å². The van der Waals surface area contributed by atoms with E-state index in [0.29, 0.717) is 50.4 Å². The van der Waals surface area contributed by atoms with E-state index in [4.69, 9.17) is 16.0 Å². The normalized spacial score (nSPS) is 12.1. The summed E-state index contributed by atoms with van der Waals surface area (Å²) in [5.74, 6) is 1.61. The second-order valence-electron chi connectivity index (χ2n) is 7.59. The van der Waals surface area contributed by atoms with Gasteiger partial charge in [-0.15, -0.1) is 0 Å². The molecule has 0 aliphatic heterocycles. The molecule has 4 nitrogen and oxygen atoms in total. The van der Waals surface area contributed by atoms with Crippen molar-refractivity contribution in [3.8, 4) is 22.6 Å². The number of rotatable bonds is 2. The molecule has 0 saturated carbocycles. The van der Waals surface area contributed by atoms with Crippen LogP contribution in [-0.4, -0.2) is 15.0 Å². The first-order chi connectivity index (χ1) is 12.7. The molecule has 0 unspecified atom stereocenters. The summed E-state index contributed by atoms with van der Waals surface area (Å²) < 4.78 is 20.0. The molecule has 0 bridgehead atoms. The average Bonchev–Trinajstić information content (AvgIpc) is 3.18. The van der Waals surface area contributed by atoms with Crippen LogP contribution in [0.4, 0.5) is 4.39 Å². The van der Waals surface area contributed by atoms with Crippen molar-refractivity contribution < 1.29 is 8.81 Å². The van der Waals surface area contributed by atoms with Gasteiger partial charge in [-0.3, -0.25) is 0 Å². The smallest absolute Gasteiger partial charge is 0.200 e. The first-order valence-electron chi connectivity index (χ1n) is 8.66. The number of nitrogens with zero attached hydrogens (tertiary/aromatic N) is 2. The summed E-state index contributed by atoms with van der Waals surface area (Å²) in [5.41, 5.74) is 2.95. The van der Waals surface area contributed by atoms with Gasteiger partial charge in [-0.25, -0.2) is 14.4 Å². The zero-order valence-corrected chi connectivity index (χ0v) is 16.3. The number of aryl methyl sites for hydroxylation is 1. The number of fused-ring (bicyclic) bond motifs is 1. The molecule has 2 aromatic heterocycles. The van der Waals surface area contributed by atoms with Gasteiger partial charge in [-0.05, 0) is 30.7 Å². The molecule has 0 aliphatic rings. The number of oxazole rings is 1. The van der Waals surface area contributed by atoms with Crippen LogP contribution in [0.1, 0.15) is 32.4 Å². The Hall–Kier alpha value is -2.66. The van der Waals surface area contributed by atoms with Gasteiger partial charge < -0.3 is 9.40 Å². The molecule has 0 spiro atoms. The predicted octanol–water partition coefficient (Wildman–Crippen LogP) is 6.28. The highest BCUT2D eigenvalue weighted by molar-refractivity contribution is 6.35. The molecule has 0 atom stereocenters. The summed E-state index contributed by atoms with van der Waals surface area (Å²) >= 11 is 6.45. The quantitative estimate of drug-likeness (QED) is 0.443. The number of aromatic nitrogens is 3. The fourth-order valence-corrected chi connectivity index (χ4v) is 3.23. The molecule has 138 valence electrons. The van der Waals surface area contributed by atoms with Crippen LogP contribution in [0, 0.1) is 12.7 Å². The van der Waals surface area contributed by atoms with E-state index >= 15 is 0 Å². The van der Waals surface area contributed by atoms with Crippen LogP contribution >= 0.6 is 11.6 Å². The predicted molar refractivity (Wildman–Crippen MR) is 105 cm³/mol. The molecular formula is C21H19ClFN3O. The maximum atomic E-state index is 14.2. The van der Waals surface area contributed by atoms with E-state index < -0.39 is 0 Å². The number of H-pyrrole nitrogens is 1. The van der Waals surface area contributed by atoms with Gasteiger partial charge in [0, 0.05) is 11.0 Å². The summed E-state index contributed by atoms with van der Waals surface area (Å²) in [7, 11) is 0. The Morgan fingerprint density at radius 1 is 1.11 bits per heavy atom. The Morgan fingerprint density at radius 3 is 2.52 bits per heavy atom. The summed E-state index contributed by atoms with van der Waals surface area (Å²) in [5, 5.41) is 0.474. The Morgan fingerprint density at radius 2 is 1.85 bits per heavy atom. The van der Waals surface area contributed by atoms with Crippen molar-refractivity contribution in [3.63, 3.8) is 0 Å². The van der Waals surface area contributed by atoms with Crippen molar-refractivity contribution in [1.29, 1.82) is 0 Å². The van der Waals surface area contributed by atoms with Crippen molar-refractivity contribution in [3.05, 3.63) is 58.9 Å². The lowest BCUT2D eigenvalue weighted by atomic mass is 9.97. The van der Waals surface area contributed by atoms with Gasteiger partial charge in [0.15, 0.2) is 11.7 Å². The van der Waals surface area contributed by atoms with E-state index in [1.165, 1.54) is 6.07 Å². The van der Waals surface area contributed by atoms with Crippen LogP contribution in [-0.2, 0) is 5.41 Å². The third kappa shape index (κ3) is 3.12. The molecule has 4 rings (SSSR count). The van der Waals surface area contributed by atoms with Crippen molar-refractivity contribution in [2.75, 3.05) is 0 Å². The van der Waals surface area contributed by atoms with Crippen LogP contribution in [0.5, 0.6) is 0 Å². The number of aromatic amines is 1. The summed E-state index contributed by atoms with van der Waals surface area (Å²) in [6, 6.07) is 10.2. The highest BCUT2D eigenvalue weighted by atomic mass is 35.5. The highest BCUT2D eigenvalue weighted by Crippen LogP contribution is 2.34. The lowest BCUT2D eigenvalue weighted by Gasteiger charge is -2.11. The first kappa shape index (κ1) is 17.7. The molecule has 0 aliphatic carbocycles. The zero-order chi connectivity index (χ0) is 19.3. The molecule has 0 amide bonds. The molecule has 1 N–H and O–H groups in total. The van der Waals surface area contributed by atoms with E-state index in [1.54, 1.807) is 24.3 Å². The standard InChI is InChI=1S/C21H19ClFN3O/c1-11-17(26-20(27-11)21(2,3)4)19-24-16-10-12(9-14(22)18(16)25-19)13-7-5-6-8-15(13)23/h5-10H,1-4H3,(H,24,25). The first-order valence-corrected chi connectivity index (χ1v) is 9.04. The van der Waals surface area contributed by atoms with Gasteiger partial charge in [-0.2, -0.15) is 0 Å². The van der Waals surface area contributed by atoms with Crippen molar-refractivity contribution in [2.24, 2.45) is 0 Å². The largest absolute Gasteiger partial charge is 0.445 e. The number of hydrogen-bond donors (Lipinski definition) is 1. The molecule has 4 aromatic rings. The van der Waals surface area contributed by atoms with Gasteiger partial charge >= 0.3 is 0 Å². The molecule has 0 radical (unpaired) electrons. The van der Waals surface area contributed by atoms with Gasteiger partial charge in [0.1, 0.15) is 17.3 Å². The number of halogens is 2. The Bertz CT molecular complexity index is 1150. The number of imidazole rings is 1. The van der Waals surface area contributed by atoms with Crippen LogP contribution in [0.25, 0.3) is 33.7 Å². The average molecular weight is 384 g/mol. The molecule has 0 fully saturated rings. The van der Waals surface area contributed by atoms with E-state index in [-0.39, 0.29) is 11.2 Å². The number of hydrogen-bond acceptors (Lipinski definition) is 3. The van der Waals surface area contributed by atoms with Gasteiger partial charge in [0.2, 0.25) is 0 Å². The fourth-order valence-electron chi connectivity index (χ4n) is 2.97. The van der Waals surface area contributed by atoms with Crippen LogP contribution < -0.4 is 0 Å². The van der Waals surface area contributed by atoms with Crippen molar-refractivity contribution in [1.82, 2.24) is 15.0 Å². The SMILES string of the molecule is Cc1oc(C(C)(C)C)nc1-c1nc2cc(-c3ccccc3F)cc(Cl)c2[nH]1. The van der Waals surface area contributed by atoms with Crippen LogP contribution in [0.15, 0.2) is 40.8 Å². The molecule has 0 saturated heterocycles. The van der Waals surface area contributed by atoms with Crippen LogP contribution in [0.2, 0.25) is 5.02 Å². The maximum Gasteiger partial charge on any atom is 0.200 e. The third-order valence-corrected chi connectivity index (χ3v) is 4.69. The lowest BCUT2D eigenvalue weighted by molar-refractivity contribution is 0.380. The Labute approximate surface area is 161 Å². The molecule has 2 heterocycles. The highest BCUT2D eigenvalue weighted by Gasteiger charge is 2.24. The monoisotopic (exact) mass is 383 g/mol. The molecule has 27 heavy (non-hydrogen) atoms. The summed E-state index contributed by atoms with van der Waals surface area (Å²) in [4.78, 5) is 12.5. The molecular weight excluding hydrogens is 365 g/mol. The van der Waals surface area contributed by atoms with Crippen LogP contribution in [0.3, 0.4) is 0 Å². The van der Waals surface area contributed by atoms with E-state index in [2.05, 4.69) is 15.0 Å². The minimum atomic E-state index is -0.300. The van der Waals surface area contributed by atoms with Crippen molar-refractivity contribution in [2.45, 2.75) is 33.1 Å². The zero-order valence-electron chi connectivity index (χ0n) is 15.5. The number of nitrogens with one attached hydrogen (secondary N) is 1. The minimum absolute atomic E-state index is 0.204. The summed E-state index contributed by atoms with van der Waals surface area (Å²) in [6.07, 6.45) is 0. The second kappa shape index (κ2) is 6.20.